The van der Waals surface area contributed by atoms with Gasteiger partial charge in [0.15, 0.2) is 0 Å². The molecule has 0 unspecified atom stereocenters. The van der Waals surface area contributed by atoms with Crippen molar-refractivity contribution in [2.75, 3.05) is 5.73 Å². The number of rotatable bonds is 2. The third-order valence-corrected chi connectivity index (χ3v) is 2.82. The molecule has 2 aliphatic carbocycles. The molecule has 0 spiro atoms. The number of carbonyl (C=O) groups is 1. The van der Waals surface area contributed by atoms with Crippen molar-refractivity contribution in [2.24, 2.45) is 5.73 Å². The second-order valence-corrected chi connectivity index (χ2v) is 4.75. The van der Waals surface area contributed by atoms with Crippen molar-refractivity contribution >= 4 is 11.8 Å². The van der Waals surface area contributed by atoms with E-state index >= 15 is 0 Å². The van der Waals surface area contributed by atoms with Gasteiger partial charge in [-0.3, -0.25) is 14.3 Å². The zero-order chi connectivity index (χ0) is 14.0. The van der Waals surface area contributed by atoms with Crippen LogP contribution in [0, 0.1) is 0 Å². The highest BCUT2D eigenvalue weighted by atomic mass is 16.2. The molecule has 1 aromatic heterocycles. The van der Waals surface area contributed by atoms with Gasteiger partial charge in [0, 0.05) is 18.2 Å². The fraction of sp³-hybridized carbons (Fsp3) is 0.545. The Kier molecular flexibility index (Phi) is 3.59. The minimum absolute atomic E-state index is 0.0989. The Balaban J connectivity index is 0.000000163. The minimum atomic E-state index is -0.400. The number of anilines is 1. The van der Waals surface area contributed by atoms with Gasteiger partial charge < -0.3 is 16.8 Å². The molecule has 0 aliphatic heterocycles. The van der Waals surface area contributed by atoms with Crippen LogP contribution in [-0.4, -0.2) is 21.6 Å². The first-order valence-corrected chi connectivity index (χ1v) is 6.14. The molecule has 2 aliphatic rings. The number of carbonyl (C=O) groups excluding carboxylic acids is 1. The number of nitrogens with one attached hydrogen (secondary N) is 2. The summed E-state index contributed by atoms with van der Waals surface area (Å²) in [5.41, 5.74) is 9.36. The van der Waals surface area contributed by atoms with E-state index < -0.39 is 11.7 Å². The third-order valence-electron chi connectivity index (χ3n) is 2.82. The molecule has 0 atom stereocenters. The van der Waals surface area contributed by atoms with E-state index in [1.54, 1.807) is 0 Å². The summed E-state index contributed by atoms with van der Waals surface area (Å²) < 4.78 is 1.22. The van der Waals surface area contributed by atoms with E-state index in [0.29, 0.717) is 6.04 Å². The van der Waals surface area contributed by atoms with Gasteiger partial charge in [-0.2, -0.15) is 0 Å². The number of aromatic amines is 1. The smallest absolute Gasteiger partial charge is 0.330 e. The zero-order valence-corrected chi connectivity index (χ0v) is 10.4. The van der Waals surface area contributed by atoms with Crippen LogP contribution in [0.4, 0.5) is 10.6 Å². The fourth-order valence-corrected chi connectivity index (χ4v) is 1.63. The number of urea groups is 1. The largest absolute Gasteiger partial charge is 0.385 e. The number of hydrogen-bond donors (Lipinski definition) is 4. The predicted molar refractivity (Wildman–Crippen MR) is 69.7 cm³/mol. The highest BCUT2D eigenvalue weighted by Gasteiger charge is 2.26. The van der Waals surface area contributed by atoms with Crippen LogP contribution in [0.25, 0.3) is 0 Å². The van der Waals surface area contributed by atoms with E-state index in [9.17, 15) is 14.4 Å². The summed E-state index contributed by atoms with van der Waals surface area (Å²) in [5.74, 6) is 0.127. The van der Waals surface area contributed by atoms with E-state index in [-0.39, 0.29) is 17.4 Å². The lowest BCUT2D eigenvalue weighted by Gasteiger charge is -2.00. The molecule has 2 fully saturated rings. The van der Waals surface area contributed by atoms with Crippen molar-refractivity contribution in [2.45, 2.75) is 37.8 Å². The van der Waals surface area contributed by atoms with Crippen molar-refractivity contribution in [3.63, 3.8) is 0 Å². The van der Waals surface area contributed by atoms with Gasteiger partial charge >= 0.3 is 11.7 Å². The maximum atomic E-state index is 11.2. The number of aromatic nitrogens is 2. The van der Waals surface area contributed by atoms with Crippen LogP contribution in [-0.2, 0) is 0 Å². The Bertz CT molecular complexity index is 551. The number of nitrogen functional groups attached to an aromatic ring is 1. The van der Waals surface area contributed by atoms with Crippen LogP contribution >= 0.6 is 0 Å². The summed E-state index contributed by atoms with van der Waals surface area (Å²) in [6.07, 6.45) is 4.02. The van der Waals surface area contributed by atoms with Crippen LogP contribution in [0.2, 0.25) is 0 Å². The lowest BCUT2D eigenvalue weighted by molar-refractivity contribution is 0.248. The first-order valence-electron chi connectivity index (χ1n) is 6.14. The van der Waals surface area contributed by atoms with Crippen molar-refractivity contribution in [3.8, 4) is 0 Å². The number of amides is 2. The monoisotopic (exact) mass is 267 g/mol. The molecular formula is C11H17N5O3. The van der Waals surface area contributed by atoms with E-state index in [1.165, 1.54) is 10.6 Å². The Morgan fingerprint density at radius 1 is 1.32 bits per heavy atom. The lowest BCUT2D eigenvalue weighted by atomic mass is 10.5. The first-order chi connectivity index (χ1) is 8.97. The molecule has 104 valence electrons. The Labute approximate surface area is 108 Å². The summed E-state index contributed by atoms with van der Waals surface area (Å²) >= 11 is 0. The molecule has 1 aromatic rings. The molecule has 0 bridgehead atoms. The molecule has 1 heterocycles. The summed E-state index contributed by atoms with van der Waals surface area (Å²) in [7, 11) is 0. The topological polar surface area (TPSA) is 136 Å². The van der Waals surface area contributed by atoms with Gasteiger partial charge in [0.25, 0.3) is 5.56 Å². The number of nitrogens with two attached hydrogens (primary N) is 2. The van der Waals surface area contributed by atoms with Crippen LogP contribution < -0.4 is 28.0 Å². The molecule has 6 N–H and O–H groups in total. The molecule has 19 heavy (non-hydrogen) atoms. The number of H-pyrrole nitrogens is 1. The van der Waals surface area contributed by atoms with Crippen LogP contribution in [0.1, 0.15) is 31.7 Å². The molecular weight excluding hydrogens is 250 g/mol. The van der Waals surface area contributed by atoms with E-state index in [2.05, 4.69) is 10.3 Å². The van der Waals surface area contributed by atoms with E-state index in [4.69, 9.17) is 11.5 Å². The van der Waals surface area contributed by atoms with E-state index in [0.717, 1.165) is 25.7 Å². The normalized spacial score (nSPS) is 17.3. The molecule has 8 heteroatoms. The van der Waals surface area contributed by atoms with Crippen molar-refractivity contribution in [3.05, 3.63) is 26.9 Å². The third kappa shape index (κ3) is 3.87. The van der Waals surface area contributed by atoms with Crippen LogP contribution in [0.5, 0.6) is 0 Å². The number of primary amides is 1. The maximum Gasteiger partial charge on any atom is 0.330 e. The van der Waals surface area contributed by atoms with Gasteiger partial charge in [-0.15, -0.1) is 0 Å². The minimum Gasteiger partial charge on any atom is -0.385 e. The summed E-state index contributed by atoms with van der Waals surface area (Å²) in [4.78, 5) is 34.7. The zero-order valence-electron chi connectivity index (χ0n) is 10.4. The average molecular weight is 267 g/mol. The molecule has 2 saturated carbocycles. The van der Waals surface area contributed by atoms with Gasteiger partial charge in [-0.05, 0) is 25.7 Å². The highest BCUT2D eigenvalue weighted by Crippen LogP contribution is 2.31. The second-order valence-electron chi connectivity index (χ2n) is 4.75. The maximum absolute atomic E-state index is 11.2. The van der Waals surface area contributed by atoms with Gasteiger partial charge in [-0.1, -0.05) is 0 Å². The Morgan fingerprint density at radius 3 is 2.32 bits per heavy atom. The molecule has 2 amide bonds. The number of hydrogen-bond acceptors (Lipinski definition) is 4. The number of nitrogens with zero attached hydrogens (tertiary/aromatic N) is 1. The average Bonchev–Trinajstić information content (AvgIpc) is 3.09. The predicted octanol–water partition coefficient (Wildman–Crippen LogP) is -0.729. The van der Waals surface area contributed by atoms with Crippen LogP contribution in [0.3, 0.4) is 0 Å². The highest BCUT2D eigenvalue weighted by molar-refractivity contribution is 5.72. The first kappa shape index (κ1) is 13.2. The molecule has 0 saturated heterocycles. The lowest BCUT2D eigenvalue weighted by Crippen LogP contribution is -2.34. The van der Waals surface area contributed by atoms with Gasteiger partial charge in [0.1, 0.15) is 5.82 Å². The standard InChI is InChI=1S/C7H9N3O2.C4H8N2O/c8-5-3-6(11)10(4-1-2-4)7(12)9-5;5-4(7)6-3-1-2-3/h3-4H,1-2,8H2,(H,9,12);3H,1-2H2,(H3,5,6,7). The summed E-state index contributed by atoms with van der Waals surface area (Å²) in [5, 5.41) is 2.56. The SMILES string of the molecule is NC(=O)NC1CC1.Nc1cc(=O)n(C2CC2)c(=O)[nH]1. The van der Waals surface area contributed by atoms with Crippen molar-refractivity contribution < 1.29 is 4.79 Å². The molecule has 0 radical (unpaired) electrons. The Morgan fingerprint density at radius 2 is 1.95 bits per heavy atom. The Hall–Kier alpha value is -2.25. The quantitative estimate of drug-likeness (QED) is 0.561. The molecule has 0 aromatic carbocycles. The summed E-state index contributed by atoms with van der Waals surface area (Å²) in [6.45, 7) is 0. The van der Waals surface area contributed by atoms with Crippen LogP contribution in [0.15, 0.2) is 15.7 Å². The van der Waals surface area contributed by atoms with Gasteiger partial charge in [0.05, 0.1) is 0 Å². The summed E-state index contributed by atoms with van der Waals surface area (Å²) in [6, 6.07) is 1.33. The molecule has 3 rings (SSSR count). The second kappa shape index (κ2) is 5.17. The van der Waals surface area contributed by atoms with Crippen molar-refractivity contribution in [1.82, 2.24) is 14.9 Å². The van der Waals surface area contributed by atoms with E-state index in [1.807, 2.05) is 0 Å². The molecule has 8 nitrogen and oxygen atoms in total. The van der Waals surface area contributed by atoms with Gasteiger partial charge in [0.2, 0.25) is 0 Å². The van der Waals surface area contributed by atoms with Crippen molar-refractivity contribution in [1.29, 1.82) is 0 Å². The van der Waals surface area contributed by atoms with Gasteiger partial charge in [-0.25, -0.2) is 9.59 Å². The fourth-order valence-electron chi connectivity index (χ4n) is 1.63.